The number of hydrogen-bond donors (Lipinski definition) is 3. The van der Waals surface area contributed by atoms with Crippen molar-refractivity contribution in [2.75, 3.05) is 25.0 Å². The lowest BCUT2D eigenvalue weighted by Gasteiger charge is -2.32. The molecule has 1 aliphatic heterocycles. The summed E-state index contributed by atoms with van der Waals surface area (Å²) in [6.07, 6.45) is 3.35. The van der Waals surface area contributed by atoms with Crippen LogP contribution in [-0.2, 0) is 9.59 Å². The van der Waals surface area contributed by atoms with Crippen LogP contribution in [0.2, 0.25) is 0 Å². The number of urea groups is 1. The van der Waals surface area contributed by atoms with Crippen molar-refractivity contribution in [3.05, 3.63) is 23.9 Å². The van der Waals surface area contributed by atoms with Gasteiger partial charge in [0.15, 0.2) is 0 Å². The minimum absolute atomic E-state index is 0.0445. The summed E-state index contributed by atoms with van der Waals surface area (Å²) < 4.78 is 0. The molecular formula is C17H25N5O3. The standard InChI is InChI=1S/C17H25N5O3/c1-12-3-4-15(19-11-12)21-16(24)5-8-18-17(25)22-9-6-14(7-10-22)20-13(2)23/h3-4,11,14H,5-10H2,1-2H3,(H,18,25)(H,20,23)(H,19,21,24). The van der Waals surface area contributed by atoms with Crippen molar-refractivity contribution < 1.29 is 14.4 Å². The van der Waals surface area contributed by atoms with Crippen LogP contribution in [0.25, 0.3) is 0 Å². The molecule has 25 heavy (non-hydrogen) atoms. The largest absolute Gasteiger partial charge is 0.353 e. The van der Waals surface area contributed by atoms with Gasteiger partial charge in [-0.05, 0) is 31.4 Å². The Morgan fingerprint density at radius 3 is 2.56 bits per heavy atom. The first-order valence-electron chi connectivity index (χ1n) is 8.46. The monoisotopic (exact) mass is 347 g/mol. The predicted molar refractivity (Wildman–Crippen MR) is 94.0 cm³/mol. The fourth-order valence-electron chi connectivity index (χ4n) is 2.66. The summed E-state index contributed by atoms with van der Waals surface area (Å²) in [6.45, 7) is 4.87. The lowest BCUT2D eigenvalue weighted by molar-refractivity contribution is -0.120. The van der Waals surface area contributed by atoms with Gasteiger partial charge in [-0.2, -0.15) is 0 Å². The molecule has 2 rings (SSSR count). The number of rotatable bonds is 5. The van der Waals surface area contributed by atoms with E-state index in [0.717, 1.165) is 18.4 Å². The van der Waals surface area contributed by atoms with Gasteiger partial charge in [0, 0.05) is 45.2 Å². The number of carbonyl (C=O) groups excluding carboxylic acids is 3. The molecule has 1 fully saturated rings. The summed E-state index contributed by atoms with van der Waals surface area (Å²) in [4.78, 5) is 40.8. The van der Waals surface area contributed by atoms with Crippen LogP contribution < -0.4 is 16.0 Å². The molecule has 0 atom stereocenters. The molecule has 1 aromatic rings. The molecule has 136 valence electrons. The summed E-state index contributed by atoms with van der Waals surface area (Å²) in [5.74, 6) is 0.264. The van der Waals surface area contributed by atoms with E-state index in [9.17, 15) is 14.4 Å². The molecule has 0 bridgehead atoms. The molecule has 1 saturated heterocycles. The van der Waals surface area contributed by atoms with E-state index >= 15 is 0 Å². The van der Waals surface area contributed by atoms with Crippen molar-refractivity contribution in [2.45, 2.75) is 39.2 Å². The Kier molecular flexibility index (Phi) is 6.73. The second kappa shape index (κ2) is 9.00. The summed E-state index contributed by atoms with van der Waals surface area (Å²) in [5, 5.41) is 8.31. The van der Waals surface area contributed by atoms with Gasteiger partial charge in [-0.15, -0.1) is 0 Å². The van der Waals surface area contributed by atoms with Crippen LogP contribution in [0.15, 0.2) is 18.3 Å². The molecule has 8 nitrogen and oxygen atoms in total. The van der Waals surface area contributed by atoms with Gasteiger partial charge in [0.05, 0.1) is 0 Å². The number of pyridine rings is 1. The number of hydrogen-bond acceptors (Lipinski definition) is 4. The number of likely N-dealkylation sites (tertiary alicyclic amines) is 1. The number of carbonyl (C=O) groups is 3. The van der Waals surface area contributed by atoms with E-state index in [0.29, 0.717) is 18.9 Å². The van der Waals surface area contributed by atoms with E-state index < -0.39 is 0 Å². The average molecular weight is 347 g/mol. The van der Waals surface area contributed by atoms with E-state index in [-0.39, 0.29) is 36.9 Å². The Morgan fingerprint density at radius 1 is 1.24 bits per heavy atom. The molecule has 0 aliphatic carbocycles. The zero-order valence-corrected chi connectivity index (χ0v) is 14.7. The van der Waals surface area contributed by atoms with E-state index in [2.05, 4.69) is 20.9 Å². The fraction of sp³-hybridized carbons (Fsp3) is 0.529. The first-order chi connectivity index (χ1) is 11.9. The molecule has 0 unspecified atom stereocenters. The number of aromatic nitrogens is 1. The molecule has 4 amide bonds. The van der Waals surface area contributed by atoms with Crippen molar-refractivity contribution in [1.29, 1.82) is 0 Å². The SMILES string of the molecule is CC(=O)NC1CCN(C(=O)NCCC(=O)Nc2ccc(C)cn2)CC1. The third kappa shape index (κ3) is 6.40. The second-order valence-electron chi connectivity index (χ2n) is 6.21. The number of amides is 4. The number of piperidine rings is 1. The van der Waals surface area contributed by atoms with E-state index in [1.165, 1.54) is 6.92 Å². The third-order valence-corrected chi connectivity index (χ3v) is 4.00. The summed E-state index contributed by atoms with van der Waals surface area (Å²) in [6, 6.07) is 3.57. The zero-order valence-electron chi connectivity index (χ0n) is 14.7. The predicted octanol–water partition coefficient (Wildman–Crippen LogP) is 1.03. The maximum atomic E-state index is 12.1. The molecule has 0 aromatic carbocycles. The van der Waals surface area contributed by atoms with Crippen LogP contribution in [0.1, 0.15) is 31.7 Å². The third-order valence-electron chi connectivity index (χ3n) is 4.00. The van der Waals surface area contributed by atoms with Crippen molar-refractivity contribution in [3.63, 3.8) is 0 Å². The van der Waals surface area contributed by atoms with Crippen molar-refractivity contribution >= 4 is 23.7 Å². The molecule has 0 radical (unpaired) electrons. The van der Waals surface area contributed by atoms with Crippen molar-refractivity contribution in [2.24, 2.45) is 0 Å². The normalized spacial score (nSPS) is 14.7. The molecule has 1 aliphatic rings. The first-order valence-corrected chi connectivity index (χ1v) is 8.46. The van der Waals surface area contributed by atoms with E-state index in [1.807, 2.05) is 13.0 Å². The Hall–Kier alpha value is -2.64. The fourth-order valence-corrected chi connectivity index (χ4v) is 2.66. The highest BCUT2D eigenvalue weighted by Gasteiger charge is 2.22. The van der Waals surface area contributed by atoms with Crippen LogP contribution in [0.4, 0.5) is 10.6 Å². The van der Waals surface area contributed by atoms with Crippen LogP contribution in [0.3, 0.4) is 0 Å². The van der Waals surface area contributed by atoms with Crippen LogP contribution in [-0.4, -0.2) is 53.4 Å². The highest BCUT2D eigenvalue weighted by Crippen LogP contribution is 2.10. The van der Waals surface area contributed by atoms with E-state index in [1.54, 1.807) is 17.2 Å². The molecular weight excluding hydrogens is 322 g/mol. The van der Waals surface area contributed by atoms with Gasteiger partial charge >= 0.3 is 6.03 Å². The molecule has 1 aromatic heterocycles. The lowest BCUT2D eigenvalue weighted by Crippen LogP contribution is -2.49. The number of aryl methyl sites for hydroxylation is 1. The summed E-state index contributed by atoms with van der Waals surface area (Å²) >= 11 is 0. The Bertz CT molecular complexity index is 609. The maximum absolute atomic E-state index is 12.1. The van der Waals surface area contributed by atoms with Crippen LogP contribution in [0.5, 0.6) is 0 Å². The highest BCUT2D eigenvalue weighted by molar-refractivity contribution is 5.90. The first kappa shape index (κ1) is 18.7. The quantitative estimate of drug-likeness (QED) is 0.740. The molecule has 3 N–H and O–H groups in total. The van der Waals surface area contributed by atoms with Crippen molar-refractivity contribution in [1.82, 2.24) is 20.5 Å². The number of anilines is 1. The average Bonchev–Trinajstić information content (AvgIpc) is 2.57. The maximum Gasteiger partial charge on any atom is 0.317 e. The van der Waals surface area contributed by atoms with Crippen molar-refractivity contribution in [3.8, 4) is 0 Å². The number of nitrogens with zero attached hydrogens (tertiary/aromatic N) is 2. The molecule has 2 heterocycles. The van der Waals surface area contributed by atoms with Gasteiger partial charge in [-0.1, -0.05) is 6.07 Å². The van der Waals surface area contributed by atoms with Crippen LogP contribution >= 0.6 is 0 Å². The van der Waals surface area contributed by atoms with Gasteiger partial charge in [-0.3, -0.25) is 9.59 Å². The molecule has 8 heteroatoms. The summed E-state index contributed by atoms with van der Waals surface area (Å²) in [7, 11) is 0. The minimum Gasteiger partial charge on any atom is -0.353 e. The Balaban J connectivity index is 1.64. The number of nitrogens with one attached hydrogen (secondary N) is 3. The van der Waals surface area contributed by atoms with Gasteiger partial charge in [0.1, 0.15) is 5.82 Å². The molecule has 0 spiro atoms. The van der Waals surface area contributed by atoms with Gasteiger partial charge in [0.25, 0.3) is 0 Å². The second-order valence-corrected chi connectivity index (χ2v) is 6.21. The van der Waals surface area contributed by atoms with Crippen LogP contribution in [0, 0.1) is 6.92 Å². The van der Waals surface area contributed by atoms with Gasteiger partial charge < -0.3 is 20.9 Å². The Morgan fingerprint density at radius 2 is 1.96 bits per heavy atom. The van der Waals surface area contributed by atoms with Gasteiger partial charge in [-0.25, -0.2) is 9.78 Å². The zero-order chi connectivity index (χ0) is 18.2. The lowest BCUT2D eigenvalue weighted by atomic mass is 10.1. The van der Waals surface area contributed by atoms with E-state index in [4.69, 9.17) is 0 Å². The molecule has 0 saturated carbocycles. The Labute approximate surface area is 147 Å². The topological polar surface area (TPSA) is 103 Å². The smallest absolute Gasteiger partial charge is 0.317 e. The van der Waals surface area contributed by atoms with Gasteiger partial charge in [0.2, 0.25) is 11.8 Å². The minimum atomic E-state index is -0.194. The summed E-state index contributed by atoms with van der Waals surface area (Å²) in [5.41, 5.74) is 1.02. The highest BCUT2D eigenvalue weighted by atomic mass is 16.2.